The summed E-state index contributed by atoms with van der Waals surface area (Å²) in [6.07, 6.45) is 3.14. The van der Waals surface area contributed by atoms with E-state index in [1.165, 1.54) is 12.0 Å². The molecule has 35 heavy (non-hydrogen) atoms. The maximum Gasteiger partial charge on any atom is 0.294 e. The van der Waals surface area contributed by atoms with Gasteiger partial charge in [-0.2, -0.15) is 0 Å². The monoisotopic (exact) mass is 470 g/mol. The number of hydrogen-bond donors (Lipinski definition) is 1. The molecule has 1 unspecified atom stereocenters. The van der Waals surface area contributed by atoms with Gasteiger partial charge >= 0.3 is 0 Å². The van der Waals surface area contributed by atoms with Crippen LogP contribution < -0.4 is 14.4 Å². The van der Waals surface area contributed by atoms with E-state index in [9.17, 15) is 14.7 Å². The van der Waals surface area contributed by atoms with Crippen LogP contribution in [0.25, 0.3) is 11.0 Å². The van der Waals surface area contributed by atoms with Gasteiger partial charge in [-0.25, -0.2) is 0 Å². The number of ether oxygens (including phenoxy) is 2. The van der Waals surface area contributed by atoms with Gasteiger partial charge in [0.2, 0.25) is 5.78 Å². The lowest BCUT2D eigenvalue weighted by molar-refractivity contribution is -0.117. The third-order valence-electron chi connectivity index (χ3n) is 5.83. The number of rotatable bonds is 7. The van der Waals surface area contributed by atoms with Crippen LogP contribution in [0.1, 0.15) is 29.1 Å². The summed E-state index contributed by atoms with van der Waals surface area (Å²) < 4.78 is 16.8. The highest BCUT2D eigenvalue weighted by Crippen LogP contribution is 2.43. The number of carbonyl (C=O) groups is 2. The van der Waals surface area contributed by atoms with Crippen LogP contribution in [-0.2, 0) is 4.79 Å². The molecule has 5 rings (SSSR count). The Morgan fingerprint density at radius 3 is 2.63 bits per heavy atom. The number of aromatic nitrogens is 1. The van der Waals surface area contributed by atoms with Crippen LogP contribution in [-0.4, -0.2) is 35.5 Å². The lowest BCUT2D eigenvalue weighted by atomic mass is 9.95. The number of methoxy groups -OCH3 is 1. The van der Waals surface area contributed by atoms with Gasteiger partial charge in [0.15, 0.2) is 22.9 Å². The largest absolute Gasteiger partial charge is 0.503 e. The van der Waals surface area contributed by atoms with E-state index in [1.807, 2.05) is 6.92 Å². The Morgan fingerprint density at radius 1 is 1.11 bits per heavy atom. The predicted octanol–water partition coefficient (Wildman–Crippen LogP) is 5.02. The van der Waals surface area contributed by atoms with Crippen LogP contribution >= 0.6 is 0 Å². The van der Waals surface area contributed by atoms with Crippen molar-refractivity contribution in [1.29, 1.82) is 0 Å². The highest BCUT2D eigenvalue weighted by Gasteiger charge is 2.45. The lowest BCUT2D eigenvalue weighted by Gasteiger charge is -2.27. The fraction of sp³-hybridized carbons (Fsp3) is 0.148. The fourth-order valence-corrected chi connectivity index (χ4v) is 4.30. The first-order chi connectivity index (χ1) is 17.0. The van der Waals surface area contributed by atoms with Gasteiger partial charge in [-0.1, -0.05) is 18.2 Å². The fourth-order valence-electron chi connectivity index (χ4n) is 4.30. The Morgan fingerprint density at radius 2 is 1.89 bits per heavy atom. The highest BCUT2D eigenvalue weighted by molar-refractivity contribution is 6.20. The summed E-state index contributed by atoms with van der Waals surface area (Å²) in [5.41, 5.74) is 1.41. The third-order valence-corrected chi connectivity index (χ3v) is 5.83. The quantitative estimate of drug-likeness (QED) is 0.379. The molecule has 0 bridgehead atoms. The molecule has 0 radical (unpaired) electrons. The maximum atomic E-state index is 13.7. The zero-order chi connectivity index (χ0) is 24.5. The molecule has 0 saturated carbocycles. The van der Waals surface area contributed by atoms with Gasteiger partial charge in [0.1, 0.15) is 5.75 Å². The second-order valence-corrected chi connectivity index (χ2v) is 7.87. The molecule has 0 spiro atoms. The van der Waals surface area contributed by atoms with Crippen molar-refractivity contribution in [1.82, 2.24) is 4.98 Å². The van der Waals surface area contributed by atoms with Gasteiger partial charge < -0.3 is 19.0 Å². The Balaban J connectivity index is 1.64. The van der Waals surface area contributed by atoms with E-state index in [0.29, 0.717) is 40.3 Å². The van der Waals surface area contributed by atoms with E-state index in [1.54, 1.807) is 73.1 Å². The molecule has 1 aliphatic rings. The molecule has 1 aliphatic heterocycles. The molecule has 1 amide bonds. The van der Waals surface area contributed by atoms with Crippen LogP contribution in [0.4, 0.5) is 5.69 Å². The van der Waals surface area contributed by atoms with Crippen molar-refractivity contribution in [2.75, 3.05) is 18.6 Å². The number of furan rings is 1. The minimum atomic E-state index is -0.898. The van der Waals surface area contributed by atoms with Gasteiger partial charge in [0.25, 0.3) is 5.91 Å². The molecule has 8 heteroatoms. The molecular formula is C27H22N2O6. The smallest absolute Gasteiger partial charge is 0.294 e. The molecule has 8 nitrogen and oxygen atoms in total. The van der Waals surface area contributed by atoms with E-state index < -0.39 is 23.5 Å². The highest BCUT2D eigenvalue weighted by atomic mass is 16.5. The number of anilines is 1. The topological polar surface area (TPSA) is 102 Å². The molecule has 0 fully saturated rings. The van der Waals surface area contributed by atoms with Crippen LogP contribution in [0.2, 0.25) is 0 Å². The number of ketones is 1. The van der Waals surface area contributed by atoms with Crippen molar-refractivity contribution in [2.24, 2.45) is 0 Å². The molecule has 1 atom stereocenters. The summed E-state index contributed by atoms with van der Waals surface area (Å²) in [7, 11) is 1.51. The average Bonchev–Trinajstić information content (AvgIpc) is 3.44. The first kappa shape index (κ1) is 22.2. The van der Waals surface area contributed by atoms with Crippen molar-refractivity contribution in [2.45, 2.75) is 13.0 Å². The Hall–Kier alpha value is -4.59. The Kier molecular flexibility index (Phi) is 5.70. The minimum Gasteiger partial charge on any atom is -0.503 e. The van der Waals surface area contributed by atoms with E-state index in [4.69, 9.17) is 13.9 Å². The van der Waals surface area contributed by atoms with Crippen molar-refractivity contribution < 1.29 is 28.6 Å². The number of para-hydroxylation sites is 1. The number of nitrogens with zero attached hydrogens (tertiary/aromatic N) is 2. The number of aliphatic hydroxyl groups is 1. The Bertz CT molecular complexity index is 1460. The molecule has 0 aliphatic carbocycles. The first-order valence-electron chi connectivity index (χ1n) is 11.0. The van der Waals surface area contributed by atoms with Crippen LogP contribution in [0.5, 0.6) is 11.5 Å². The van der Waals surface area contributed by atoms with E-state index in [-0.39, 0.29) is 11.3 Å². The van der Waals surface area contributed by atoms with Gasteiger partial charge in [0.05, 0.1) is 25.3 Å². The van der Waals surface area contributed by atoms with E-state index in [2.05, 4.69) is 4.98 Å². The number of fused-ring (bicyclic) bond motifs is 1. The van der Waals surface area contributed by atoms with Crippen LogP contribution in [0.3, 0.4) is 0 Å². The summed E-state index contributed by atoms with van der Waals surface area (Å²) >= 11 is 0. The van der Waals surface area contributed by atoms with Gasteiger partial charge in [-0.15, -0.1) is 0 Å². The normalized spacial score (nSPS) is 15.7. The third kappa shape index (κ3) is 3.78. The van der Waals surface area contributed by atoms with Crippen LogP contribution in [0, 0.1) is 0 Å². The first-order valence-corrected chi connectivity index (χ1v) is 11.0. The summed E-state index contributed by atoms with van der Waals surface area (Å²) in [6.45, 7) is 2.31. The lowest BCUT2D eigenvalue weighted by Crippen LogP contribution is -2.31. The van der Waals surface area contributed by atoms with Gasteiger partial charge in [-0.05, 0) is 48.9 Å². The number of benzene rings is 2. The van der Waals surface area contributed by atoms with Crippen molar-refractivity contribution in [3.63, 3.8) is 0 Å². The number of carbonyl (C=O) groups excluding carboxylic acids is 2. The summed E-state index contributed by atoms with van der Waals surface area (Å²) in [5, 5.41) is 11.6. The number of hydrogen-bond acceptors (Lipinski definition) is 7. The maximum absolute atomic E-state index is 13.7. The second kappa shape index (κ2) is 8.98. The van der Waals surface area contributed by atoms with Crippen molar-refractivity contribution in [3.05, 3.63) is 95.7 Å². The second-order valence-electron chi connectivity index (χ2n) is 7.87. The molecule has 1 N–H and O–H groups in total. The standard InChI is InChI=1S/C27H22N2O6/c1-3-34-19-8-5-7-18(15-19)29-23(16-10-12-28-13-11-16)22(25(31)27(29)32)24(30)21-14-17-6-4-9-20(33-2)26(17)35-21/h4-15,23,31H,3H2,1-2H3. The van der Waals surface area contributed by atoms with E-state index in [0.717, 1.165) is 0 Å². The average molecular weight is 470 g/mol. The zero-order valence-electron chi connectivity index (χ0n) is 19.1. The molecule has 176 valence electrons. The molecule has 3 heterocycles. The molecule has 4 aromatic rings. The number of Topliss-reactive ketones (excluding diaryl/α,β-unsaturated/α-hetero) is 1. The van der Waals surface area contributed by atoms with Crippen LogP contribution in [0.15, 0.2) is 88.8 Å². The zero-order valence-corrected chi connectivity index (χ0v) is 19.1. The Labute approximate surface area is 201 Å². The minimum absolute atomic E-state index is 0.0113. The predicted molar refractivity (Wildman–Crippen MR) is 129 cm³/mol. The molecule has 0 saturated heterocycles. The van der Waals surface area contributed by atoms with Gasteiger partial charge in [0, 0.05) is 29.5 Å². The summed E-state index contributed by atoms with van der Waals surface area (Å²) in [6, 6.07) is 16.3. The SMILES string of the molecule is CCOc1cccc(N2C(=O)C(O)=C(C(=O)c3cc4cccc(OC)c4o3)C2c2ccncc2)c1. The summed E-state index contributed by atoms with van der Waals surface area (Å²) in [5.74, 6) is -0.900. The molecule has 2 aromatic heterocycles. The van der Waals surface area contributed by atoms with Crippen molar-refractivity contribution in [3.8, 4) is 11.5 Å². The number of amides is 1. The van der Waals surface area contributed by atoms with Crippen molar-refractivity contribution >= 4 is 28.3 Å². The number of pyridine rings is 1. The number of aliphatic hydroxyl groups excluding tert-OH is 1. The molecular weight excluding hydrogens is 448 g/mol. The van der Waals surface area contributed by atoms with E-state index >= 15 is 0 Å². The molecule has 2 aromatic carbocycles. The van der Waals surface area contributed by atoms with Gasteiger partial charge in [-0.3, -0.25) is 19.5 Å². The summed E-state index contributed by atoms with van der Waals surface area (Å²) in [4.78, 5) is 32.5.